The molecule has 1 aliphatic rings. The van der Waals surface area contributed by atoms with Gasteiger partial charge >= 0.3 is 0 Å². The lowest BCUT2D eigenvalue weighted by Gasteiger charge is -2.31. The van der Waals surface area contributed by atoms with Gasteiger partial charge in [-0.05, 0) is 36.5 Å². The number of halogens is 1. The minimum atomic E-state index is 0.150. The molecule has 4 atom stereocenters. The van der Waals surface area contributed by atoms with Crippen molar-refractivity contribution in [2.45, 2.75) is 32.9 Å². The van der Waals surface area contributed by atoms with E-state index in [9.17, 15) is 0 Å². The second-order valence-corrected chi connectivity index (χ2v) is 6.68. The Bertz CT molecular complexity index is 395. The molecule has 0 spiro atoms. The van der Waals surface area contributed by atoms with Crippen molar-refractivity contribution >= 4 is 15.9 Å². The topological polar surface area (TPSA) is 29.3 Å². The van der Waals surface area contributed by atoms with Crippen LogP contribution in [-0.4, -0.2) is 24.0 Å². The van der Waals surface area contributed by atoms with Gasteiger partial charge in [-0.2, -0.15) is 0 Å². The predicted molar refractivity (Wildman–Crippen MR) is 80.4 cm³/mol. The van der Waals surface area contributed by atoms with Crippen LogP contribution in [0.15, 0.2) is 28.7 Å². The molecule has 0 saturated carbocycles. The fraction of sp³-hybridized carbons (Fsp3) is 0.600. The quantitative estimate of drug-likeness (QED) is 0.927. The van der Waals surface area contributed by atoms with Crippen molar-refractivity contribution in [2.75, 3.05) is 13.1 Å². The van der Waals surface area contributed by atoms with E-state index in [0.29, 0.717) is 6.04 Å². The molecule has 2 rings (SSSR count). The predicted octanol–water partition coefficient (Wildman–Crippen LogP) is 3.43. The van der Waals surface area contributed by atoms with Gasteiger partial charge < -0.3 is 5.73 Å². The normalized spacial score (nSPS) is 28.3. The number of rotatable bonds is 3. The van der Waals surface area contributed by atoms with E-state index >= 15 is 0 Å². The van der Waals surface area contributed by atoms with Crippen molar-refractivity contribution < 1.29 is 0 Å². The van der Waals surface area contributed by atoms with Crippen LogP contribution in [0.3, 0.4) is 0 Å². The molecule has 0 radical (unpaired) electrons. The van der Waals surface area contributed by atoms with Gasteiger partial charge in [0, 0.05) is 29.6 Å². The molecule has 2 N–H and O–H groups in total. The van der Waals surface area contributed by atoms with E-state index in [0.717, 1.165) is 29.4 Å². The Morgan fingerprint density at radius 3 is 2.39 bits per heavy atom. The highest BCUT2D eigenvalue weighted by molar-refractivity contribution is 9.10. The van der Waals surface area contributed by atoms with Crippen LogP contribution < -0.4 is 5.73 Å². The van der Waals surface area contributed by atoms with Crippen LogP contribution in [0.1, 0.15) is 32.4 Å². The highest BCUT2D eigenvalue weighted by atomic mass is 79.9. The zero-order chi connectivity index (χ0) is 13.3. The van der Waals surface area contributed by atoms with Crippen molar-refractivity contribution in [3.63, 3.8) is 0 Å². The average molecular weight is 311 g/mol. The number of likely N-dealkylation sites (tertiary alicyclic amines) is 1. The number of nitrogens with two attached hydrogens (primary N) is 1. The zero-order valence-corrected chi connectivity index (χ0v) is 13.0. The van der Waals surface area contributed by atoms with Crippen molar-refractivity contribution in [3.05, 3.63) is 34.3 Å². The Labute approximate surface area is 119 Å². The summed E-state index contributed by atoms with van der Waals surface area (Å²) < 4.78 is 1.13. The Morgan fingerprint density at radius 1 is 1.28 bits per heavy atom. The molecule has 2 nitrogen and oxygen atoms in total. The molecular formula is C15H23BrN2. The number of hydrogen-bond donors (Lipinski definition) is 1. The summed E-state index contributed by atoms with van der Waals surface area (Å²) in [6.45, 7) is 9.09. The summed E-state index contributed by atoms with van der Waals surface area (Å²) in [5.74, 6) is 1.52. The largest absolute Gasteiger partial charge is 0.326 e. The van der Waals surface area contributed by atoms with Gasteiger partial charge in [-0.1, -0.05) is 41.9 Å². The van der Waals surface area contributed by atoms with Gasteiger partial charge in [-0.25, -0.2) is 0 Å². The van der Waals surface area contributed by atoms with Crippen LogP contribution >= 0.6 is 15.9 Å². The van der Waals surface area contributed by atoms with E-state index in [-0.39, 0.29) is 6.04 Å². The number of nitrogens with zero attached hydrogens (tertiary/aromatic N) is 1. The molecule has 0 bridgehead atoms. The minimum absolute atomic E-state index is 0.150. The third-order valence-corrected chi connectivity index (χ3v) is 4.59. The Hall–Kier alpha value is -0.380. The van der Waals surface area contributed by atoms with Gasteiger partial charge in [-0.15, -0.1) is 0 Å². The zero-order valence-electron chi connectivity index (χ0n) is 11.4. The van der Waals surface area contributed by atoms with Crippen LogP contribution in [0.5, 0.6) is 0 Å². The van der Waals surface area contributed by atoms with Gasteiger partial charge in [0.2, 0.25) is 0 Å². The summed E-state index contributed by atoms with van der Waals surface area (Å²) in [5.41, 5.74) is 7.55. The first-order valence-electron chi connectivity index (χ1n) is 6.74. The maximum Gasteiger partial charge on any atom is 0.0497 e. The third-order valence-electron chi connectivity index (χ3n) is 4.10. The maximum absolute atomic E-state index is 6.23. The highest BCUT2D eigenvalue weighted by Gasteiger charge is 2.33. The van der Waals surface area contributed by atoms with E-state index in [1.165, 1.54) is 5.56 Å². The summed E-state index contributed by atoms with van der Waals surface area (Å²) in [4.78, 5) is 2.54. The van der Waals surface area contributed by atoms with Crippen molar-refractivity contribution in [3.8, 4) is 0 Å². The van der Waals surface area contributed by atoms with Crippen LogP contribution in [0.25, 0.3) is 0 Å². The average Bonchev–Trinajstić information content (AvgIpc) is 2.58. The van der Waals surface area contributed by atoms with E-state index in [1.54, 1.807) is 0 Å². The lowest BCUT2D eigenvalue weighted by Crippen LogP contribution is -2.38. The number of benzene rings is 1. The Kier molecular flexibility index (Phi) is 4.46. The molecule has 1 aliphatic heterocycles. The van der Waals surface area contributed by atoms with E-state index in [4.69, 9.17) is 5.73 Å². The summed E-state index contributed by atoms with van der Waals surface area (Å²) in [6, 6.07) is 9.02. The Balaban J connectivity index is 2.24. The standard InChI is InChI=1S/C15H23BrN2/c1-10-8-18(9-11(10)2)15(12(3)17)13-5-4-6-14(16)7-13/h4-7,10-12,15H,8-9,17H2,1-3H3. The number of hydrogen-bond acceptors (Lipinski definition) is 2. The first-order valence-corrected chi connectivity index (χ1v) is 7.53. The van der Waals surface area contributed by atoms with Gasteiger partial charge in [0.15, 0.2) is 0 Å². The van der Waals surface area contributed by atoms with Crippen molar-refractivity contribution in [2.24, 2.45) is 17.6 Å². The van der Waals surface area contributed by atoms with Crippen molar-refractivity contribution in [1.82, 2.24) is 4.90 Å². The lowest BCUT2D eigenvalue weighted by molar-refractivity contribution is 0.209. The maximum atomic E-state index is 6.23. The second kappa shape index (κ2) is 5.72. The molecule has 100 valence electrons. The summed E-state index contributed by atoms with van der Waals surface area (Å²) in [5, 5.41) is 0. The lowest BCUT2D eigenvalue weighted by atomic mass is 9.99. The summed E-state index contributed by atoms with van der Waals surface area (Å²) >= 11 is 3.55. The third kappa shape index (κ3) is 2.95. The van der Waals surface area contributed by atoms with E-state index < -0.39 is 0 Å². The minimum Gasteiger partial charge on any atom is -0.326 e. The first-order chi connectivity index (χ1) is 8.49. The van der Waals surface area contributed by atoms with Gasteiger partial charge in [0.1, 0.15) is 0 Å². The Morgan fingerprint density at radius 2 is 1.89 bits per heavy atom. The molecule has 1 aromatic rings. The van der Waals surface area contributed by atoms with Crippen LogP contribution in [0.2, 0.25) is 0 Å². The van der Waals surface area contributed by atoms with Crippen LogP contribution in [-0.2, 0) is 0 Å². The SMILES string of the molecule is CC(N)C(c1cccc(Br)c1)N1CC(C)C(C)C1. The fourth-order valence-electron chi connectivity index (χ4n) is 2.94. The molecule has 18 heavy (non-hydrogen) atoms. The van der Waals surface area contributed by atoms with E-state index in [2.05, 4.69) is 65.9 Å². The molecule has 1 saturated heterocycles. The molecular weight excluding hydrogens is 288 g/mol. The molecule has 0 amide bonds. The molecule has 1 fully saturated rings. The van der Waals surface area contributed by atoms with Crippen LogP contribution in [0, 0.1) is 11.8 Å². The molecule has 0 aliphatic carbocycles. The smallest absolute Gasteiger partial charge is 0.0497 e. The van der Waals surface area contributed by atoms with Gasteiger partial charge in [-0.3, -0.25) is 4.90 Å². The molecule has 0 aromatic heterocycles. The van der Waals surface area contributed by atoms with Gasteiger partial charge in [0.25, 0.3) is 0 Å². The fourth-order valence-corrected chi connectivity index (χ4v) is 3.36. The molecule has 1 heterocycles. The monoisotopic (exact) mass is 310 g/mol. The summed E-state index contributed by atoms with van der Waals surface area (Å²) in [7, 11) is 0. The molecule has 1 aromatic carbocycles. The summed E-state index contributed by atoms with van der Waals surface area (Å²) in [6.07, 6.45) is 0. The van der Waals surface area contributed by atoms with E-state index in [1.807, 2.05) is 0 Å². The van der Waals surface area contributed by atoms with Crippen molar-refractivity contribution in [1.29, 1.82) is 0 Å². The second-order valence-electron chi connectivity index (χ2n) is 5.77. The van der Waals surface area contributed by atoms with Crippen LogP contribution in [0.4, 0.5) is 0 Å². The highest BCUT2D eigenvalue weighted by Crippen LogP contribution is 2.33. The molecule has 4 unspecified atom stereocenters. The van der Waals surface area contributed by atoms with Gasteiger partial charge in [0.05, 0.1) is 0 Å². The molecule has 3 heteroatoms. The first kappa shape index (κ1) is 14.0.